The number of amides is 2. The summed E-state index contributed by atoms with van der Waals surface area (Å²) in [5.41, 5.74) is 2.39. The average Bonchev–Trinajstić information content (AvgIpc) is 2.92. The summed E-state index contributed by atoms with van der Waals surface area (Å²) >= 11 is 0. The highest BCUT2D eigenvalue weighted by Crippen LogP contribution is 2.25. The van der Waals surface area contributed by atoms with E-state index in [4.69, 9.17) is 0 Å². The zero-order chi connectivity index (χ0) is 16.8. The van der Waals surface area contributed by atoms with E-state index in [0.29, 0.717) is 13.1 Å². The summed E-state index contributed by atoms with van der Waals surface area (Å²) in [6.45, 7) is 1.25. The third-order valence-corrected chi connectivity index (χ3v) is 4.62. The summed E-state index contributed by atoms with van der Waals surface area (Å²) in [5, 5.41) is 12.8. The highest BCUT2D eigenvalue weighted by molar-refractivity contribution is 5.73. The maximum atomic E-state index is 12.1. The van der Waals surface area contributed by atoms with Crippen molar-refractivity contribution in [2.24, 2.45) is 5.92 Å². The van der Waals surface area contributed by atoms with Crippen LogP contribution in [0.25, 0.3) is 0 Å². The van der Waals surface area contributed by atoms with Crippen molar-refractivity contribution < 1.29 is 9.90 Å². The van der Waals surface area contributed by atoms with Crippen LogP contribution >= 0.6 is 0 Å². The molecule has 2 rings (SSSR count). The van der Waals surface area contributed by atoms with Crippen molar-refractivity contribution >= 4 is 11.7 Å². The predicted octanol–water partition coefficient (Wildman–Crippen LogP) is 2.10. The molecule has 1 aliphatic carbocycles. The maximum Gasteiger partial charge on any atom is 0.317 e. The highest BCUT2D eigenvalue weighted by Gasteiger charge is 2.27. The summed E-state index contributed by atoms with van der Waals surface area (Å²) in [6, 6.07) is 8.31. The van der Waals surface area contributed by atoms with E-state index in [-0.39, 0.29) is 18.1 Å². The molecule has 2 atom stereocenters. The summed E-state index contributed by atoms with van der Waals surface area (Å²) in [6.07, 6.45) is 3.50. The summed E-state index contributed by atoms with van der Waals surface area (Å²) in [5.74, 6) is 0.226. The molecule has 1 aliphatic rings. The first-order chi connectivity index (χ1) is 11.0. The lowest BCUT2D eigenvalue weighted by Gasteiger charge is -2.23. The van der Waals surface area contributed by atoms with Crippen molar-refractivity contribution in [2.75, 3.05) is 39.1 Å². The lowest BCUT2D eigenvalue weighted by molar-refractivity contribution is 0.114. The van der Waals surface area contributed by atoms with Crippen molar-refractivity contribution in [3.63, 3.8) is 0 Å². The number of carbonyl (C=O) groups is 1. The fourth-order valence-corrected chi connectivity index (χ4v) is 3.07. The molecule has 128 valence electrons. The Labute approximate surface area is 139 Å². The number of anilines is 1. The van der Waals surface area contributed by atoms with E-state index in [1.807, 2.05) is 14.1 Å². The van der Waals surface area contributed by atoms with E-state index in [9.17, 15) is 9.90 Å². The molecule has 1 aromatic carbocycles. The number of nitrogens with one attached hydrogen (secondary N) is 1. The first-order valence-electron chi connectivity index (χ1n) is 8.40. The van der Waals surface area contributed by atoms with Crippen LogP contribution in [0.15, 0.2) is 24.3 Å². The second-order valence-corrected chi connectivity index (χ2v) is 6.68. The first kappa shape index (κ1) is 17.6. The molecule has 2 amide bonds. The zero-order valence-corrected chi connectivity index (χ0v) is 14.5. The number of carbonyl (C=O) groups excluding carboxylic acids is 1. The minimum absolute atomic E-state index is 0.0611. The number of nitrogens with zero attached hydrogens (tertiary/aromatic N) is 2. The third-order valence-electron chi connectivity index (χ3n) is 4.62. The minimum Gasteiger partial charge on any atom is -0.393 e. The number of aliphatic hydroxyl groups is 1. The number of aliphatic hydroxyl groups excluding tert-OH is 1. The zero-order valence-electron chi connectivity index (χ0n) is 14.5. The van der Waals surface area contributed by atoms with Crippen LogP contribution in [0.1, 0.15) is 24.8 Å². The van der Waals surface area contributed by atoms with Gasteiger partial charge in [-0.25, -0.2) is 4.79 Å². The van der Waals surface area contributed by atoms with Gasteiger partial charge >= 0.3 is 6.03 Å². The van der Waals surface area contributed by atoms with E-state index < -0.39 is 0 Å². The Hall–Kier alpha value is -1.75. The number of rotatable bonds is 6. The topological polar surface area (TPSA) is 55.8 Å². The standard InChI is InChI=1S/C18H29N3O2/c1-20(2)16-9-7-14(8-10-16)11-12-19-18(23)21(3)13-15-5-4-6-17(15)22/h7-10,15,17,22H,4-6,11-13H2,1-3H3,(H,19,23). The van der Waals surface area contributed by atoms with E-state index in [2.05, 4.69) is 34.5 Å². The molecule has 1 aromatic rings. The molecule has 0 saturated heterocycles. The second kappa shape index (κ2) is 8.20. The Balaban J connectivity index is 1.71. The number of benzene rings is 1. The van der Waals surface area contributed by atoms with Crippen LogP contribution in [-0.4, -0.2) is 56.4 Å². The van der Waals surface area contributed by atoms with Crippen LogP contribution in [0, 0.1) is 5.92 Å². The molecular weight excluding hydrogens is 290 g/mol. The number of hydrogen-bond donors (Lipinski definition) is 2. The molecule has 5 nitrogen and oxygen atoms in total. The Kier molecular flexibility index (Phi) is 6.28. The second-order valence-electron chi connectivity index (χ2n) is 6.68. The Morgan fingerprint density at radius 2 is 1.91 bits per heavy atom. The molecule has 0 spiro atoms. The van der Waals surface area contributed by atoms with Gasteiger partial charge in [-0.3, -0.25) is 0 Å². The van der Waals surface area contributed by atoms with Gasteiger partial charge in [0.15, 0.2) is 0 Å². The number of hydrogen-bond acceptors (Lipinski definition) is 3. The van der Waals surface area contributed by atoms with E-state index >= 15 is 0 Å². The van der Waals surface area contributed by atoms with E-state index in [1.54, 1.807) is 11.9 Å². The predicted molar refractivity (Wildman–Crippen MR) is 93.8 cm³/mol. The Morgan fingerprint density at radius 3 is 2.48 bits per heavy atom. The molecule has 0 heterocycles. The van der Waals surface area contributed by atoms with Gasteiger partial charge in [0.25, 0.3) is 0 Å². The van der Waals surface area contributed by atoms with Gasteiger partial charge in [0.2, 0.25) is 0 Å². The third kappa shape index (κ3) is 5.13. The monoisotopic (exact) mass is 319 g/mol. The summed E-state index contributed by atoms with van der Waals surface area (Å²) in [7, 11) is 5.84. The van der Waals surface area contributed by atoms with Crippen LogP contribution < -0.4 is 10.2 Å². The van der Waals surface area contributed by atoms with Crippen LogP contribution in [0.3, 0.4) is 0 Å². The molecule has 0 aliphatic heterocycles. The molecule has 1 fully saturated rings. The normalized spacial score (nSPS) is 20.3. The SMILES string of the molecule is CN(CC1CCCC1O)C(=O)NCCc1ccc(N(C)C)cc1. The van der Waals surface area contributed by atoms with Gasteiger partial charge in [-0.15, -0.1) is 0 Å². The highest BCUT2D eigenvalue weighted by atomic mass is 16.3. The minimum atomic E-state index is -0.250. The molecule has 1 saturated carbocycles. The molecule has 0 aromatic heterocycles. The van der Waals surface area contributed by atoms with Gasteiger partial charge in [-0.05, 0) is 37.0 Å². The smallest absolute Gasteiger partial charge is 0.317 e. The fraction of sp³-hybridized carbons (Fsp3) is 0.611. The molecule has 23 heavy (non-hydrogen) atoms. The molecule has 2 unspecified atom stereocenters. The fourth-order valence-electron chi connectivity index (χ4n) is 3.07. The molecular formula is C18H29N3O2. The first-order valence-corrected chi connectivity index (χ1v) is 8.40. The van der Waals surface area contributed by atoms with Gasteiger partial charge in [0.05, 0.1) is 6.10 Å². The van der Waals surface area contributed by atoms with Crippen molar-refractivity contribution in [1.29, 1.82) is 0 Å². The van der Waals surface area contributed by atoms with Crippen molar-refractivity contribution in [2.45, 2.75) is 31.8 Å². The van der Waals surface area contributed by atoms with Gasteiger partial charge < -0.3 is 20.2 Å². The maximum absolute atomic E-state index is 12.1. The van der Waals surface area contributed by atoms with Crippen LogP contribution in [-0.2, 0) is 6.42 Å². The summed E-state index contributed by atoms with van der Waals surface area (Å²) < 4.78 is 0. The molecule has 0 radical (unpaired) electrons. The van der Waals surface area contributed by atoms with Gasteiger partial charge in [0, 0.05) is 45.8 Å². The van der Waals surface area contributed by atoms with Crippen molar-refractivity contribution in [3.8, 4) is 0 Å². The quantitative estimate of drug-likeness (QED) is 0.844. The van der Waals surface area contributed by atoms with Gasteiger partial charge in [-0.2, -0.15) is 0 Å². The van der Waals surface area contributed by atoms with Crippen LogP contribution in [0.2, 0.25) is 0 Å². The van der Waals surface area contributed by atoms with Gasteiger partial charge in [0.1, 0.15) is 0 Å². The van der Waals surface area contributed by atoms with E-state index in [0.717, 1.165) is 25.7 Å². The Morgan fingerprint density at radius 1 is 1.22 bits per heavy atom. The number of urea groups is 1. The molecule has 2 N–H and O–H groups in total. The lowest BCUT2D eigenvalue weighted by Crippen LogP contribution is -2.41. The lowest BCUT2D eigenvalue weighted by atomic mass is 10.1. The van der Waals surface area contributed by atoms with E-state index in [1.165, 1.54) is 11.3 Å². The largest absolute Gasteiger partial charge is 0.393 e. The Bertz CT molecular complexity index is 501. The summed E-state index contributed by atoms with van der Waals surface area (Å²) in [4.78, 5) is 15.9. The van der Waals surface area contributed by atoms with Crippen LogP contribution in [0.5, 0.6) is 0 Å². The molecule has 5 heteroatoms. The molecule has 0 bridgehead atoms. The van der Waals surface area contributed by atoms with Crippen LogP contribution in [0.4, 0.5) is 10.5 Å². The average molecular weight is 319 g/mol. The van der Waals surface area contributed by atoms with Crippen molar-refractivity contribution in [1.82, 2.24) is 10.2 Å². The van der Waals surface area contributed by atoms with Crippen molar-refractivity contribution in [3.05, 3.63) is 29.8 Å². The van der Waals surface area contributed by atoms with Gasteiger partial charge in [-0.1, -0.05) is 18.6 Å².